The number of non-ortho nitro benzene ring substituents is 1. The number of benzene rings is 3. The minimum Gasteiger partial charge on any atom is -0.494 e. The summed E-state index contributed by atoms with van der Waals surface area (Å²) in [6, 6.07) is 19.7. The molecule has 0 aromatic heterocycles. The molecule has 0 aliphatic heterocycles. The van der Waals surface area contributed by atoms with Crippen molar-refractivity contribution in [3.63, 3.8) is 0 Å². The van der Waals surface area contributed by atoms with E-state index in [1.807, 2.05) is 43.3 Å². The minimum atomic E-state index is -0.620. The molecule has 0 aliphatic carbocycles. The first kappa shape index (κ1) is 26.9. The summed E-state index contributed by atoms with van der Waals surface area (Å²) in [5.41, 5.74) is 2.07. The lowest BCUT2D eigenvalue weighted by molar-refractivity contribution is -0.384. The summed E-state index contributed by atoms with van der Waals surface area (Å²) in [6.07, 6.45) is 3.50. The zero-order chi connectivity index (χ0) is 26.8. The molecule has 0 radical (unpaired) electrons. The molecule has 0 saturated heterocycles. The third kappa shape index (κ3) is 7.93. The second-order valence-electron chi connectivity index (χ2n) is 8.49. The maximum Gasteiger partial charge on any atom is 0.272 e. The van der Waals surface area contributed by atoms with Crippen molar-refractivity contribution in [2.45, 2.75) is 19.8 Å². The Hall–Kier alpha value is -4.66. The van der Waals surface area contributed by atoms with Crippen molar-refractivity contribution < 1.29 is 19.2 Å². The summed E-state index contributed by atoms with van der Waals surface area (Å²) < 4.78 is 5.64. The number of nitro groups is 1. The Kier molecular flexibility index (Phi) is 9.37. The second kappa shape index (κ2) is 12.9. The highest BCUT2D eigenvalue weighted by Crippen LogP contribution is 2.19. The lowest BCUT2D eigenvalue weighted by atomic mass is 10.1. The van der Waals surface area contributed by atoms with E-state index < -0.39 is 16.7 Å². The minimum absolute atomic E-state index is 0.0163. The second-order valence-corrected chi connectivity index (χ2v) is 8.49. The standard InChI is InChI=1S/C28H30N4O5/c1-4-5-17-37-25-15-11-21(12-16-25)27(33)30-26(18-20-9-13-23(14-10-20)31(2)3)28(34)29-22-7-6-8-24(19-22)32(35)36/h6-16,18-19H,4-5,17H2,1-3H3,(H,29,34)(H,30,33)/b26-18+. The fourth-order valence-corrected chi connectivity index (χ4v) is 3.32. The first-order valence-corrected chi connectivity index (χ1v) is 11.9. The number of hydrogen-bond acceptors (Lipinski definition) is 6. The number of nitrogens with one attached hydrogen (secondary N) is 2. The number of anilines is 2. The van der Waals surface area contributed by atoms with Gasteiger partial charge in [0.2, 0.25) is 0 Å². The molecule has 0 fully saturated rings. The Morgan fingerprint density at radius 2 is 1.73 bits per heavy atom. The Labute approximate surface area is 215 Å². The van der Waals surface area contributed by atoms with E-state index in [-0.39, 0.29) is 17.1 Å². The predicted molar refractivity (Wildman–Crippen MR) is 145 cm³/mol. The Balaban J connectivity index is 1.84. The maximum atomic E-state index is 13.1. The van der Waals surface area contributed by atoms with Gasteiger partial charge in [-0.3, -0.25) is 19.7 Å². The summed E-state index contributed by atoms with van der Waals surface area (Å²) in [4.78, 5) is 38.6. The van der Waals surface area contributed by atoms with Gasteiger partial charge in [-0.2, -0.15) is 0 Å². The zero-order valence-electron chi connectivity index (χ0n) is 21.1. The van der Waals surface area contributed by atoms with Gasteiger partial charge in [-0.15, -0.1) is 0 Å². The van der Waals surface area contributed by atoms with E-state index in [4.69, 9.17) is 4.74 Å². The Morgan fingerprint density at radius 3 is 2.35 bits per heavy atom. The first-order valence-electron chi connectivity index (χ1n) is 11.9. The molecule has 9 heteroatoms. The van der Waals surface area contributed by atoms with E-state index >= 15 is 0 Å². The van der Waals surface area contributed by atoms with E-state index in [0.29, 0.717) is 23.5 Å². The monoisotopic (exact) mass is 502 g/mol. The Morgan fingerprint density at radius 1 is 1.03 bits per heavy atom. The van der Waals surface area contributed by atoms with Gasteiger partial charge in [-0.25, -0.2) is 0 Å². The molecule has 192 valence electrons. The summed E-state index contributed by atoms with van der Waals surface area (Å²) in [6.45, 7) is 2.67. The van der Waals surface area contributed by atoms with Crippen molar-refractivity contribution in [2.75, 3.05) is 30.9 Å². The van der Waals surface area contributed by atoms with Crippen LogP contribution in [-0.4, -0.2) is 37.4 Å². The highest BCUT2D eigenvalue weighted by Gasteiger charge is 2.16. The third-order valence-electron chi connectivity index (χ3n) is 5.41. The molecule has 0 saturated carbocycles. The van der Waals surface area contributed by atoms with Gasteiger partial charge in [-0.05, 0) is 60.5 Å². The van der Waals surface area contributed by atoms with Crippen LogP contribution in [-0.2, 0) is 4.79 Å². The number of carbonyl (C=O) groups excluding carboxylic acids is 2. The number of unbranched alkanes of at least 4 members (excludes halogenated alkanes) is 1. The summed E-state index contributed by atoms with van der Waals surface area (Å²) in [7, 11) is 3.84. The van der Waals surface area contributed by atoms with Crippen LogP contribution in [0.5, 0.6) is 5.75 Å². The number of ether oxygens (including phenoxy) is 1. The van der Waals surface area contributed by atoms with Crippen molar-refractivity contribution in [1.82, 2.24) is 5.32 Å². The molecule has 3 aromatic rings. The van der Waals surface area contributed by atoms with Crippen LogP contribution in [0.2, 0.25) is 0 Å². The summed E-state index contributed by atoms with van der Waals surface area (Å²) >= 11 is 0. The van der Waals surface area contributed by atoms with Crippen LogP contribution in [0.1, 0.15) is 35.7 Å². The van der Waals surface area contributed by atoms with Crippen molar-refractivity contribution in [3.05, 3.63) is 99.7 Å². The quantitative estimate of drug-likeness (QED) is 0.160. The van der Waals surface area contributed by atoms with E-state index in [2.05, 4.69) is 17.6 Å². The predicted octanol–water partition coefficient (Wildman–Crippen LogP) is 5.25. The molecule has 0 atom stereocenters. The summed E-state index contributed by atoms with van der Waals surface area (Å²) in [5.74, 6) is -0.444. The van der Waals surface area contributed by atoms with Gasteiger partial charge < -0.3 is 20.3 Å². The molecule has 0 heterocycles. The van der Waals surface area contributed by atoms with Crippen molar-refractivity contribution >= 4 is 35.0 Å². The zero-order valence-corrected chi connectivity index (χ0v) is 21.1. The Bertz CT molecular complexity index is 1270. The van der Waals surface area contributed by atoms with E-state index in [1.54, 1.807) is 30.3 Å². The van der Waals surface area contributed by atoms with Crippen LogP contribution in [0.25, 0.3) is 6.08 Å². The number of rotatable bonds is 11. The number of nitro benzene ring substituents is 1. The molecule has 0 aliphatic rings. The number of amides is 2. The van der Waals surface area contributed by atoms with E-state index in [0.717, 1.165) is 18.5 Å². The van der Waals surface area contributed by atoms with Crippen LogP contribution < -0.4 is 20.3 Å². The van der Waals surface area contributed by atoms with Crippen LogP contribution in [0.4, 0.5) is 17.1 Å². The average molecular weight is 503 g/mol. The maximum absolute atomic E-state index is 13.1. The van der Waals surface area contributed by atoms with Crippen LogP contribution in [0, 0.1) is 10.1 Å². The number of nitrogens with zero attached hydrogens (tertiary/aromatic N) is 2. The third-order valence-corrected chi connectivity index (χ3v) is 5.41. The average Bonchev–Trinajstić information content (AvgIpc) is 2.89. The highest BCUT2D eigenvalue weighted by molar-refractivity contribution is 6.10. The molecular formula is C28H30N4O5. The molecule has 2 amide bonds. The molecule has 0 bridgehead atoms. The van der Waals surface area contributed by atoms with Crippen LogP contribution in [0.3, 0.4) is 0 Å². The van der Waals surface area contributed by atoms with Crippen LogP contribution in [0.15, 0.2) is 78.5 Å². The number of carbonyl (C=O) groups is 2. The van der Waals surface area contributed by atoms with Gasteiger partial charge in [0.05, 0.1) is 11.5 Å². The van der Waals surface area contributed by atoms with Crippen LogP contribution >= 0.6 is 0 Å². The largest absolute Gasteiger partial charge is 0.494 e. The highest BCUT2D eigenvalue weighted by atomic mass is 16.6. The topological polar surface area (TPSA) is 114 Å². The first-order chi connectivity index (χ1) is 17.8. The SMILES string of the molecule is CCCCOc1ccc(C(=O)N/C(=C/c2ccc(N(C)C)cc2)C(=O)Nc2cccc([N+](=O)[O-])c2)cc1. The number of hydrogen-bond donors (Lipinski definition) is 2. The molecule has 3 rings (SSSR count). The van der Waals surface area contributed by atoms with Crippen molar-refractivity contribution in [3.8, 4) is 5.75 Å². The normalized spacial score (nSPS) is 10.9. The lowest BCUT2D eigenvalue weighted by Gasteiger charge is -2.13. The molecule has 3 aromatic carbocycles. The molecule has 37 heavy (non-hydrogen) atoms. The smallest absolute Gasteiger partial charge is 0.272 e. The molecule has 2 N–H and O–H groups in total. The molecular weight excluding hydrogens is 472 g/mol. The molecule has 0 spiro atoms. The fraction of sp³-hybridized carbons (Fsp3) is 0.214. The van der Waals surface area contributed by atoms with E-state index in [1.165, 1.54) is 24.3 Å². The lowest BCUT2D eigenvalue weighted by Crippen LogP contribution is -2.30. The summed E-state index contributed by atoms with van der Waals surface area (Å²) in [5, 5.41) is 16.4. The van der Waals surface area contributed by atoms with Gasteiger partial charge in [-0.1, -0.05) is 31.5 Å². The van der Waals surface area contributed by atoms with E-state index in [9.17, 15) is 19.7 Å². The van der Waals surface area contributed by atoms with Crippen molar-refractivity contribution in [1.29, 1.82) is 0 Å². The van der Waals surface area contributed by atoms with Gasteiger partial charge in [0.1, 0.15) is 11.4 Å². The van der Waals surface area contributed by atoms with Gasteiger partial charge in [0, 0.05) is 43.2 Å². The molecule has 9 nitrogen and oxygen atoms in total. The fourth-order valence-electron chi connectivity index (χ4n) is 3.32. The molecule has 0 unspecified atom stereocenters. The van der Waals surface area contributed by atoms with Crippen molar-refractivity contribution in [2.24, 2.45) is 0 Å². The van der Waals surface area contributed by atoms with Gasteiger partial charge in [0.25, 0.3) is 17.5 Å². The van der Waals surface area contributed by atoms with Gasteiger partial charge >= 0.3 is 0 Å². The van der Waals surface area contributed by atoms with Gasteiger partial charge in [0.15, 0.2) is 0 Å².